The maximum atomic E-state index is 13.1. The van der Waals surface area contributed by atoms with Crippen LogP contribution in [0.2, 0.25) is 0 Å². The van der Waals surface area contributed by atoms with Crippen LogP contribution in [0.3, 0.4) is 0 Å². The molecule has 7 heteroatoms. The number of aliphatic hydroxyl groups is 1. The Kier molecular flexibility index (Phi) is 10.7. The highest BCUT2D eigenvalue weighted by Crippen LogP contribution is 2.35. The standard InChI is InChI=1S/C28H40F3NO3/c1-2-35-26(33)14-8-7-13-25(27(34)23-15-17-24(18-16-23)28(29,30)31)32(19-21-9-3-4-10-21)20-22-11-5-6-12-22/h8,14-18,21-22,25,27,34H,2-7,9-13,19-20H2,1H3/b14-8+/t25-,27+/m1/s1. The summed E-state index contributed by atoms with van der Waals surface area (Å²) < 4.78 is 44.2. The predicted molar refractivity (Wildman–Crippen MR) is 131 cm³/mol. The Morgan fingerprint density at radius 3 is 2.09 bits per heavy atom. The third kappa shape index (κ3) is 8.64. The number of carbonyl (C=O) groups excluding carboxylic acids is 1. The molecule has 0 unspecified atom stereocenters. The molecule has 196 valence electrons. The summed E-state index contributed by atoms with van der Waals surface area (Å²) in [6.07, 6.45) is 8.75. The van der Waals surface area contributed by atoms with Gasteiger partial charge in [-0.25, -0.2) is 4.79 Å². The molecule has 2 aliphatic carbocycles. The lowest BCUT2D eigenvalue weighted by Crippen LogP contribution is -2.44. The Morgan fingerprint density at radius 2 is 1.60 bits per heavy atom. The van der Waals surface area contributed by atoms with Gasteiger partial charge in [0.25, 0.3) is 0 Å². The minimum Gasteiger partial charge on any atom is -0.463 e. The molecule has 1 aromatic rings. The van der Waals surface area contributed by atoms with Gasteiger partial charge in [-0.15, -0.1) is 0 Å². The van der Waals surface area contributed by atoms with E-state index in [-0.39, 0.29) is 12.0 Å². The number of aliphatic hydroxyl groups excluding tert-OH is 1. The Balaban J connectivity index is 1.80. The van der Waals surface area contributed by atoms with Crippen LogP contribution in [0.15, 0.2) is 36.4 Å². The van der Waals surface area contributed by atoms with Crippen LogP contribution in [-0.4, -0.2) is 41.7 Å². The number of hydrogen-bond acceptors (Lipinski definition) is 4. The molecule has 0 bridgehead atoms. The molecule has 2 atom stereocenters. The van der Waals surface area contributed by atoms with Crippen molar-refractivity contribution >= 4 is 5.97 Å². The zero-order chi connectivity index (χ0) is 25.3. The van der Waals surface area contributed by atoms with Gasteiger partial charge in [-0.3, -0.25) is 4.90 Å². The molecular weight excluding hydrogens is 455 g/mol. The average Bonchev–Trinajstić information content (AvgIpc) is 3.53. The fourth-order valence-corrected chi connectivity index (χ4v) is 5.66. The number of alkyl halides is 3. The second kappa shape index (κ2) is 13.4. The number of ether oxygens (including phenoxy) is 1. The highest BCUT2D eigenvalue weighted by Gasteiger charge is 2.33. The SMILES string of the molecule is CCOC(=O)/C=C/CC[C@H]([C@@H](O)c1ccc(C(F)(F)F)cc1)N(CC1CCCC1)CC1CCCC1. The summed E-state index contributed by atoms with van der Waals surface area (Å²) in [6, 6.07) is 4.67. The van der Waals surface area contributed by atoms with Gasteiger partial charge in [-0.2, -0.15) is 13.2 Å². The van der Waals surface area contributed by atoms with E-state index in [4.69, 9.17) is 4.74 Å². The number of benzene rings is 1. The van der Waals surface area contributed by atoms with E-state index in [0.29, 0.717) is 36.8 Å². The first-order chi connectivity index (χ1) is 16.8. The van der Waals surface area contributed by atoms with E-state index in [9.17, 15) is 23.1 Å². The first kappa shape index (κ1) is 27.7. The van der Waals surface area contributed by atoms with Crippen molar-refractivity contribution < 1.29 is 27.8 Å². The van der Waals surface area contributed by atoms with Crippen molar-refractivity contribution in [2.75, 3.05) is 19.7 Å². The Morgan fingerprint density at radius 1 is 1.06 bits per heavy atom. The van der Waals surface area contributed by atoms with E-state index in [1.54, 1.807) is 13.0 Å². The highest BCUT2D eigenvalue weighted by atomic mass is 19.4. The van der Waals surface area contributed by atoms with E-state index in [0.717, 1.165) is 25.2 Å². The quantitative estimate of drug-likeness (QED) is 0.259. The number of halogens is 3. The van der Waals surface area contributed by atoms with E-state index in [1.807, 2.05) is 0 Å². The fourth-order valence-electron chi connectivity index (χ4n) is 5.66. The van der Waals surface area contributed by atoms with Crippen molar-refractivity contribution in [3.63, 3.8) is 0 Å². The molecule has 4 nitrogen and oxygen atoms in total. The lowest BCUT2D eigenvalue weighted by Gasteiger charge is -2.38. The number of allylic oxidation sites excluding steroid dienone is 1. The first-order valence-electron chi connectivity index (χ1n) is 13.2. The van der Waals surface area contributed by atoms with Crippen LogP contribution in [0.5, 0.6) is 0 Å². The molecule has 2 saturated carbocycles. The van der Waals surface area contributed by atoms with Crippen molar-refractivity contribution in [3.8, 4) is 0 Å². The molecule has 0 aliphatic heterocycles. The van der Waals surface area contributed by atoms with Gasteiger partial charge in [0.05, 0.1) is 18.3 Å². The van der Waals surface area contributed by atoms with E-state index in [1.165, 1.54) is 69.6 Å². The molecule has 0 radical (unpaired) electrons. The van der Waals surface area contributed by atoms with Crippen LogP contribution >= 0.6 is 0 Å². The lowest BCUT2D eigenvalue weighted by atomic mass is 9.93. The summed E-state index contributed by atoms with van der Waals surface area (Å²) in [5, 5.41) is 11.4. The smallest absolute Gasteiger partial charge is 0.416 e. The summed E-state index contributed by atoms with van der Waals surface area (Å²) in [4.78, 5) is 14.1. The van der Waals surface area contributed by atoms with E-state index < -0.39 is 17.8 Å². The molecule has 0 saturated heterocycles. The Labute approximate surface area is 207 Å². The molecule has 1 aromatic carbocycles. The minimum absolute atomic E-state index is 0.236. The first-order valence-corrected chi connectivity index (χ1v) is 13.2. The van der Waals surface area contributed by atoms with Crippen molar-refractivity contribution in [3.05, 3.63) is 47.5 Å². The summed E-state index contributed by atoms with van der Waals surface area (Å²) in [6.45, 7) is 3.88. The summed E-state index contributed by atoms with van der Waals surface area (Å²) in [5.74, 6) is 0.795. The molecule has 3 rings (SSSR count). The van der Waals surface area contributed by atoms with Crippen LogP contribution in [0.1, 0.15) is 88.4 Å². The van der Waals surface area contributed by atoms with Crippen molar-refractivity contribution in [2.24, 2.45) is 11.8 Å². The normalized spacial score (nSPS) is 19.6. The maximum absolute atomic E-state index is 13.1. The largest absolute Gasteiger partial charge is 0.463 e. The third-order valence-corrected chi connectivity index (χ3v) is 7.52. The minimum atomic E-state index is -4.41. The monoisotopic (exact) mass is 495 g/mol. The van der Waals surface area contributed by atoms with Gasteiger partial charge < -0.3 is 9.84 Å². The van der Waals surface area contributed by atoms with Crippen LogP contribution in [0, 0.1) is 11.8 Å². The number of carbonyl (C=O) groups is 1. The van der Waals surface area contributed by atoms with Crippen LogP contribution in [0.25, 0.3) is 0 Å². The number of hydrogen-bond donors (Lipinski definition) is 1. The van der Waals surface area contributed by atoms with Gasteiger partial charge in [0.15, 0.2) is 0 Å². The summed E-state index contributed by atoms with van der Waals surface area (Å²) in [7, 11) is 0. The molecule has 0 heterocycles. The highest BCUT2D eigenvalue weighted by molar-refractivity contribution is 5.81. The second-order valence-electron chi connectivity index (χ2n) is 10.1. The molecule has 2 fully saturated rings. The molecule has 0 spiro atoms. The van der Waals surface area contributed by atoms with Gasteiger partial charge >= 0.3 is 12.1 Å². The van der Waals surface area contributed by atoms with Crippen molar-refractivity contribution in [1.82, 2.24) is 4.90 Å². The van der Waals surface area contributed by atoms with Gasteiger partial charge in [-0.05, 0) is 75.0 Å². The van der Waals surface area contributed by atoms with E-state index >= 15 is 0 Å². The van der Waals surface area contributed by atoms with Gasteiger partial charge in [0, 0.05) is 25.2 Å². The molecule has 1 N–H and O–H groups in total. The van der Waals surface area contributed by atoms with E-state index in [2.05, 4.69) is 4.90 Å². The molecule has 2 aliphatic rings. The molecule has 0 aromatic heterocycles. The van der Waals surface area contributed by atoms with Crippen LogP contribution in [0.4, 0.5) is 13.2 Å². The average molecular weight is 496 g/mol. The summed E-state index contributed by atoms with van der Waals surface area (Å²) >= 11 is 0. The number of rotatable bonds is 12. The summed E-state index contributed by atoms with van der Waals surface area (Å²) in [5.41, 5.74) is -0.212. The van der Waals surface area contributed by atoms with Crippen LogP contribution < -0.4 is 0 Å². The lowest BCUT2D eigenvalue weighted by molar-refractivity contribution is -0.138. The predicted octanol–water partition coefficient (Wildman–Crippen LogP) is 6.69. The van der Waals surface area contributed by atoms with Gasteiger partial charge in [0.1, 0.15) is 0 Å². The molecule has 0 amide bonds. The number of esters is 1. The Hall–Kier alpha value is -1.86. The van der Waals surface area contributed by atoms with Crippen molar-refractivity contribution in [2.45, 2.75) is 89.5 Å². The van der Waals surface area contributed by atoms with Gasteiger partial charge in [-0.1, -0.05) is 43.9 Å². The van der Waals surface area contributed by atoms with Gasteiger partial charge in [0.2, 0.25) is 0 Å². The molecular formula is C28H40F3NO3. The maximum Gasteiger partial charge on any atom is 0.416 e. The van der Waals surface area contributed by atoms with Crippen LogP contribution in [-0.2, 0) is 15.7 Å². The Bertz CT molecular complexity index is 779. The zero-order valence-electron chi connectivity index (χ0n) is 20.8. The second-order valence-corrected chi connectivity index (χ2v) is 10.1. The molecule has 35 heavy (non-hydrogen) atoms. The topological polar surface area (TPSA) is 49.8 Å². The van der Waals surface area contributed by atoms with Crippen molar-refractivity contribution in [1.29, 1.82) is 0 Å². The third-order valence-electron chi connectivity index (χ3n) is 7.52. The number of nitrogens with zero attached hydrogens (tertiary/aromatic N) is 1. The fraction of sp³-hybridized carbons (Fsp3) is 0.679. The zero-order valence-corrected chi connectivity index (χ0v) is 20.8.